The number of amides is 2. The van der Waals surface area contributed by atoms with Gasteiger partial charge in [0.2, 0.25) is 10.0 Å². The zero-order valence-electron chi connectivity index (χ0n) is 17.4. The fourth-order valence-corrected chi connectivity index (χ4v) is 5.60. The minimum atomic E-state index is -3.72. The van der Waals surface area contributed by atoms with Gasteiger partial charge in [-0.3, -0.25) is 9.59 Å². The van der Waals surface area contributed by atoms with Gasteiger partial charge < -0.3 is 10.6 Å². The maximum atomic E-state index is 13.2. The van der Waals surface area contributed by atoms with Gasteiger partial charge in [0, 0.05) is 19.1 Å². The number of anilines is 1. The van der Waals surface area contributed by atoms with Crippen LogP contribution in [0, 0.1) is 25.2 Å². The molecule has 0 radical (unpaired) electrons. The molecule has 2 amide bonds. The van der Waals surface area contributed by atoms with Crippen LogP contribution >= 0.6 is 0 Å². The van der Waals surface area contributed by atoms with Gasteiger partial charge in [-0.1, -0.05) is 24.3 Å². The van der Waals surface area contributed by atoms with Crippen molar-refractivity contribution in [2.45, 2.75) is 37.6 Å². The standard InChI is InChI=1S/C22H24N4O4S/c1-15-9-10-16(2)20(12-15)31(29,30)26-11-5-7-18(26)14-24-21(27)22(28)25-19-8-4-3-6-17(19)13-23/h3-4,6,8-10,12,18H,5,7,11,14H2,1-2H3,(H,24,27)(H,25,28)/t18-/m1/s1. The lowest BCUT2D eigenvalue weighted by Crippen LogP contribution is -2.45. The molecule has 1 atom stereocenters. The van der Waals surface area contributed by atoms with Crippen LogP contribution in [0.1, 0.15) is 29.5 Å². The van der Waals surface area contributed by atoms with Crippen molar-refractivity contribution in [3.63, 3.8) is 0 Å². The molecule has 1 heterocycles. The Kier molecular flexibility index (Phi) is 6.73. The number of aryl methyl sites for hydroxylation is 2. The number of para-hydroxylation sites is 1. The van der Waals surface area contributed by atoms with E-state index < -0.39 is 27.9 Å². The molecule has 0 spiro atoms. The SMILES string of the molecule is Cc1ccc(C)c(S(=O)(=O)N2CCC[C@@H]2CNC(=O)C(=O)Nc2ccccc2C#N)c1. The summed E-state index contributed by atoms with van der Waals surface area (Å²) in [7, 11) is -3.72. The molecule has 2 aromatic carbocycles. The smallest absolute Gasteiger partial charge is 0.313 e. The second-order valence-corrected chi connectivity index (χ2v) is 9.36. The van der Waals surface area contributed by atoms with Crippen molar-refractivity contribution in [1.29, 1.82) is 5.26 Å². The van der Waals surface area contributed by atoms with Crippen LogP contribution in [0.2, 0.25) is 0 Å². The third-order valence-corrected chi connectivity index (χ3v) is 7.35. The van der Waals surface area contributed by atoms with Crippen molar-refractivity contribution in [2.75, 3.05) is 18.4 Å². The van der Waals surface area contributed by atoms with Crippen LogP contribution in [0.4, 0.5) is 5.69 Å². The molecule has 1 fully saturated rings. The lowest BCUT2D eigenvalue weighted by atomic mass is 10.2. The van der Waals surface area contributed by atoms with E-state index >= 15 is 0 Å². The summed E-state index contributed by atoms with van der Waals surface area (Å²) in [5, 5.41) is 14.0. The number of rotatable bonds is 5. The fourth-order valence-electron chi connectivity index (χ4n) is 3.60. The molecule has 9 heteroatoms. The molecule has 2 N–H and O–H groups in total. The highest BCUT2D eigenvalue weighted by molar-refractivity contribution is 7.89. The van der Waals surface area contributed by atoms with Gasteiger partial charge in [0.1, 0.15) is 6.07 Å². The summed E-state index contributed by atoms with van der Waals surface area (Å²) in [6, 6.07) is 13.1. The summed E-state index contributed by atoms with van der Waals surface area (Å²) in [5.74, 6) is -1.80. The predicted octanol–water partition coefficient (Wildman–Crippen LogP) is 2.08. The van der Waals surface area contributed by atoms with Gasteiger partial charge in [-0.15, -0.1) is 0 Å². The third kappa shape index (κ3) is 4.93. The van der Waals surface area contributed by atoms with Crippen LogP contribution in [0.3, 0.4) is 0 Å². The van der Waals surface area contributed by atoms with E-state index in [9.17, 15) is 18.0 Å². The zero-order valence-corrected chi connectivity index (χ0v) is 18.2. The van der Waals surface area contributed by atoms with Crippen LogP contribution in [0.15, 0.2) is 47.4 Å². The van der Waals surface area contributed by atoms with Gasteiger partial charge in [-0.05, 0) is 56.0 Å². The maximum absolute atomic E-state index is 13.2. The van der Waals surface area contributed by atoms with Gasteiger partial charge in [0.25, 0.3) is 0 Å². The van der Waals surface area contributed by atoms with Gasteiger partial charge in [-0.2, -0.15) is 9.57 Å². The van der Waals surface area contributed by atoms with E-state index in [2.05, 4.69) is 10.6 Å². The minimum Gasteiger partial charge on any atom is -0.346 e. The van der Waals surface area contributed by atoms with E-state index in [4.69, 9.17) is 5.26 Å². The Bertz CT molecular complexity index is 1150. The second-order valence-electron chi connectivity index (χ2n) is 7.50. The average Bonchev–Trinajstić information content (AvgIpc) is 3.23. The molecule has 2 aromatic rings. The monoisotopic (exact) mass is 440 g/mol. The molecular formula is C22H24N4O4S. The summed E-state index contributed by atoms with van der Waals surface area (Å²) in [6.07, 6.45) is 1.26. The molecule has 162 valence electrons. The normalized spacial score (nSPS) is 16.5. The zero-order chi connectivity index (χ0) is 22.6. The highest BCUT2D eigenvalue weighted by Gasteiger charge is 2.36. The average molecular weight is 441 g/mol. The number of benzene rings is 2. The highest BCUT2D eigenvalue weighted by Crippen LogP contribution is 2.28. The number of nitriles is 1. The molecule has 31 heavy (non-hydrogen) atoms. The Morgan fingerprint density at radius 2 is 1.90 bits per heavy atom. The molecule has 3 rings (SSSR count). The first-order chi connectivity index (χ1) is 14.7. The van der Waals surface area contributed by atoms with Crippen molar-refractivity contribution in [2.24, 2.45) is 0 Å². The van der Waals surface area contributed by atoms with E-state index in [0.29, 0.717) is 24.9 Å². The van der Waals surface area contributed by atoms with Crippen molar-refractivity contribution in [3.8, 4) is 6.07 Å². The molecule has 0 bridgehead atoms. The van der Waals surface area contributed by atoms with E-state index in [1.807, 2.05) is 19.1 Å². The largest absolute Gasteiger partial charge is 0.346 e. The second kappa shape index (κ2) is 9.29. The Morgan fingerprint density at radius 3 is 2.65 bits per heavy atom. The quantitative estimate of drug-likeness (QED) is 0.690. The van der Waals surface area contributed by atoms with Crippen LogP contribution in [0.5, 0.6) is 0 Å². The van der Waals surface area contributed by atoms with Crippen LogP contribution in [-0.4, -0.2) is 43.7 Å². The fraction of sp³-hybridized carbons (Fsp3) is 0.318. The van der Waals surface area contributed by atoms with E-state index in [-0.39, 0.29) is 22.7 Å². The molecule has 1 aliphatic rings. The van der Waals surface area contributed by atoms with Crippen LogP contribution in [0.25, 0.3) is 0 Å². The maximum Gasteiger partial charge on any atom is 0.313 e. The Labute approximate surface area is 181 Å². The van der Waals surface area contributed by atoms with Crippen molar-refractivity contribution in [1.82, 2.24) is 9.62 Å². The van der Waals surface area contributed by atoms with Gasteiger partial charge in [-0.25, -0.2) is 8.42 Å². The lowest BCUT2D eigenvalue weighted by molar-refractivity contribution is -0.136. The topological polar surface area (TPSA) is 119 Å². The lowest BCUT2D eigenvalue weighted by Gasteiger charge is -2.25. The van der Waals surface area contributed by atoms with Gasteiger partial charge in [0.05, 0.1) is 16.1 Å². The molecule has 8 nitrogen and oxygen atoms in total. The first kappa shape index (κ1) is 22.5. The highest BCUT2D eigenvalue weighted by atomic mass is 32.2. The molecule has 0 aromatic heterocycles. The summed E-state index contributed by atoms with van der Waals surface area (Å²) in [6.45, 7) is 3.97. The molecule has 0 saturated carbocycles. The number of hydrogen-bond donors (Lipinski definition) is 2. The van der Waals surface area contributed by atoms with Crippen molar-refractivity contribution < 1.29 is 18.0 Å². The number of carbonyl (C=O) groups is 2. The molecule has 0 unspecified atom stereocenters. The first-order valence-corrected chi connectivity index (χ1v) is 11.4. The summed E-state index contributed by atoms with van der Waals surface area (Å²) in [4.78, 5) is 24.7. The van der Waals surface area contributed by atoms with E-state index in [1.54, 1.807) is 31.2 Å². The Morgan fingerprint density at radius 1 is 1.16 bits per heavy atom. The third-order valence-electron chi connectivity index (χ3n) is 5.25. The molecule has 0 aliphatic carbocycles. The Balaban J connectivity index is 1.67. The molecule has 1 saturated heterocycles. The van der Waals surface area contributed by atoms with E-state index in [0.717, 1.165) is 5.56 Å². The van der Waals surface area contributed by atoms with Gasteiger partial charge >= 0.3 is 11.8 Å². The number of nitrogens with one attached hydrogen (secondary N) is 2. The summed E-state index contributed by atoms with van der Waals surface area (Å²) >= 11 is 0. The number of hydrogen-bond acceptors (Lipinski definition) is 5. The first-order valence-electron chi connectivity index (χ1n) is 9.91. The number of sulfonamides is 1. The number of nitrogens with zero attached hydrogens (tertiary/aromatic N) is 2. The van der Waals surface area contributed by atoms with Gasteiger partial charge in [0.15, 0.2) is 0 Å². The van der Waals surface area contributed by atoms with Crippen LogP contribution < -0.4 is 10.6 Å². The van der Waals surface area contributed by atoms with Crippen LogP contribution in [-0.2, 0) is 19.6 Å². The number of carbonyl (C=O) groups excluding carboxylic acids is 2. The Hall–Kier alpha value is -3.22. The molecule has 1 aliphatic heterocycles. The van der Waals surface area contributed by atoms with Crippen molar-refractivity contribution >= 4 is 27.5 Å². The summed E-state index contributed by atoms with van der Waals surface area (Å²) < 4.78 is 27.8. The van der Waals surface area contributed by atoms with E-state index in [1.165, 1.54) is 16.4 Å². The molecular weight excluding hydrogens is 416 g/mol. The summed E-state index contributed by atoms with van der Waals surface area (Å²) in [5.41, 5.74) is 1.99. The predicted molar refractivity (Wildman–Crippen MR) is 116 cm³/mol. The minimum absolute atomic E-state index is 0.0241. The van der Waals surface area contributed by atoms with Crippen molar-refractivity contribution in [3.05, 3.63) is 59.2 Å².